The van der Waals surface area contributed by atoms with Crippen LogP contribution in [0.25, 0.3) is 0 Å². The number of halogens is 1. The van der Waals surface area contributed by atoms with E-state index in [0.29, 0.717) is 22.7 Å². The molecule has 2 aliphatic heterocycles. The molecule has 2 heterocycles. The average Bonchev–Trinajstić information content (AvgIpc) is 3.27. The van der Waals surface area contributed by atoms with Gasteiger partial charge in [0, 0.05) is 10.2 Å². The molecule has 2 aliphatic rings. The highest BCUT2D eigenvalue weighted by atomic mass is 79.9. The maximum absolute atomic E-state index is 14.2. The van der Waals surface area contributed by atoms with Crippen LogP contribution in [-0.2, 0) is 24.5 Å². The van der Waals surface area contributed by atoms with Crippen LogP contribution in [0, 0.1) is 0 Å². The number of benzene rings is 2. The van der Waals surface area contributed by atoms with Crippen LogP contribution in [0.4, 0.5) is 5.69 Å². The van der Waals surface area contributed by atoms with Gasteiger partial charge in [-0.1, -0.05) is 34.6 Å². The van der Waals surface area contributed by atoms with E-state index in [-0.39, 0.29) is 16.9 Å². The van der Waals surface area contributed by atoms with Gasteiger partial charge in [0.05, 0.1) is 20.8 Å². The zero-order valence-electron chi connectivity index (χ0n) is 19.0. The lowest BCUT2D eigenvalue weighted by atomic mass is 9.76. The molecule has 0 saturated carbocycles. The predicted molar refractivity (Wildman–Crippen MR) is 127 cm³/mol. The number of anilines is 1. The van der Waals surface area contributed by atoms with Crippen molar-refractivity contribution < 1.29 is 28.5 Å². The molecule has 0 radical (unpaired) electrons. The van der Waals surface area contributed by atoms with Crippen molar-refractivity contribution in [2.24, 2.45) is 0 Å². The number of hydrogen-bond acceptors (Lipinski definition) is 6. The van der Waals surface area contributed by atoms with E-state index in [1.165, 1.54) is 4.90 Å². The molecule has 0 aromatic heterocycles. The molecule has 0 bridgehead atoms. The standard InChI is InChI=1S/C25H26BrNO6/c1-15(26)25(16-6-10-18(30-4)11-7-16)22(28)21(20-14-32-24(2,3)33-20)27(23(25)29)17-8-12-19(31-5)13-9-17/h6-13,20-21H,1,14H2,2-5H3/t20-,21+,25-/m1/s1. The van der Waals surface area contributed by atoms with Gasteiger partial charge in [0.2, 0.25) is 0 Å². The van der Waals surface area contributed by atoms with Crippen molar-refractivity contribution >= 4 is 33.3 Å². The highest BCUT2D eigenvalue weighted by Gasteiger charge is 2.64. The summed E-state index contributed by atoms with van der Waals surface area (Å²) in [5, 5.41) is 0. The van der Waals surface area contributed by atoms with Crippen molar-refractivity contribution in [1.29, 1.82) is 0 Å². The molecule has 0 unspecified atom stereocenters. The molecule has 1 amide bonds. The second kappa shape index (κ2) is 8.59. The first-order valence-corrected chi connectivity index (χ1v) is 11.3. The Morgan fingerprint density at radius 1 is 1.03 bits per heavy atom. The molecular formula is C25H26BrNO6. The molecule has 0 N–H and O–H groups in total. The number of methoxy groups -OCH3 is 2. The number of amides is 1. The number of carbonyl (C=O) groups is 2. The van der Waals surface area contributed by atoms with Crippen molar-refractivity contribution in [1.82, 2.24) is 0 Å². The Morgan fingerprint density at radius 2 is 1.58 bits per heavy atom. The minimum atomic E-state index is -1.63. The van der Waals surface area contributed by atoms with E-state index in [4.69, 9.17) is 18.9 Å². The lowest BCUT2D eigenvalue weighted by molar-refractivity contribution is -0.144. The van der Waals surface area contributed by atoms with Crippen LogP contribution in [0.2, 0.25) is 0 Å². The molecule has 2 aromatic carbocycles. The van der Waals surface area contributed by atoms with Gasteiger partial charge in [0.15, 0.2) is 17.0 Å². The normalized spacial score (nSPS) is 26.5. The van der Waals surface area contributed by atoms with Crippen LogP contribution >= 0.6 is 15.9 Å². The maximum atomic E-state index is 14.2. The highest BCUT2D eigenvalue weighted by molar-refractivity contribution is 9.11. The number of ether oxygens (including phenoxy) is 4. The molecule has 4 rings (SSSR count). The summed E-state index contributed by atoms with van der Waals surface area (Å²) in [6.07, 6.45) is -0.648. The summed E-state index contributed by atoms with van der Waals surface area (Å²) >= 11 is 3.41. The van der Waals surface area contributed by atoms with E-state index >= 15 is 0 Å². The summed E-state index contributed by atoms with van der Waals surface area (Å²) < 4.78 is 22.6. The molecule has 33 heavy (non-hydrogen) atoms. The Hall–Kier alpha value is -2.68. The zero-order chi connectivity index (χ0) is 24.0. The Balaban J connectivity index is 1.88. The third-order valence-corrected chi connectivity index (χ3v) is 6.71. The van der Waals surface area contributed by atoms with Crippen molar-refractivity contribution in [2.45, 2.75) is 37.2 Å². The summed E-state index contributed by atoms with van der Waals surface area (Å²) in [5.74, 6) is -0.355. The van der Waals surface area contributed by atoms with E-state index < -0.39 is 29.3 Å². The smallest absolute Gasteiger partial charge is 0.251 e. The summed E-state index contributed by atoms with van der Waals surface area (Å²) in [6, 6.07) is 12.9. The largest absolute Gasteiger partial charge is 0.497 e. The van der Waals surface area contributed by atoms with Gasteiger partial charge in [-0.3, -0.25) is 14.5 Å². The molecule has 2 aromatic rings. The molecule has 2 saturated heterocycles. The van der Waals surface area contributed by atoms with Gasteiger partial charge >= 0.3 is 0 Å². The van der Waals surface area contributed by atoms with Gasteiger partial charge in [-0.15, -0.1) is 0 Å². The van der Waals surface area contributed by atoms with E-state index in [9.17, 15) is 9.59 Å². The first-order valence-electron chi connectivity index (χ1n) is 10.5. The summed E-state index contributed by atoms with van der Waals surface area (Å²) in [5.41, 5.74) is -0.580. The molecule has 174 valence electrons. The van der Waals surface area contributed by atoms with Gasteiger partial charge in [-0.25, -0.2) is 0 Å². The fraction of sp³-hybridized carbons (Fsp3) is 0.360. The Kier molecular flexibility index (Phi) is 6.11. The van der Waals surface area contributed by atoms with E-state index in [1.54, 1.807) is 76.6 Å². The first-order chi connectivity index (χ1) is 15.7. The monoisotopic (exact) mass is 515 g/mol. The molecule has 8 heteroatoms. The number of carbonyl (C=O) groups excluding carboxylic acids is 2. The fourth-order valence-electron chi connectivity index (χ4n) is 4.49. The van der Waals surface area contributed by atoms with Gasteiger partial charge < -0.3 is 18.9 Å². The van der Waals surface area contributed by atoms with E-state index in [0.717, 1.165) is 0 Å². The second-order valence-electron chi connectivity index (χ2n) is 8.43. The first kappa shape index (κ1) is 23.5. The zero-order valence-corrected chi connectivity index (χ0v) is 20.5. The second-order valence-corrected chi connectivity index (χ2v) is 9.39. The molecule has 0 spiro atoms. The number of nitrogens with zero attached hydrogens (tertiary/aromatic N) is 1. The Labute approximate surface area is 201 Å². The van der Waals surface area contributed by atoms with Crippen molar-refractivity contribution in [3.63, 3.8) is 0 Å². The van der Waals surface area contributed by atoms with Gasteiger partial charge in [-0.05, 0) is 55.8 Å². The van der Waals surface area contributed by atoms with E-state index in [1.807, 2.05) is 0 Å². The summed E-state index contributed by atoms with van der Waals surface area (Å²) in [7, 11) is 3.12. The lowest BCUT2D eigenvalue weighted by Crippen LogP contribution is -2.46. The minimum absolute atomic E-state index is 0.177. The highest BCUT2D eigenvalue weighted by Crippen LogP contribution is 2.48. The Morgan fingerprint density at radius 3 is 2.03 bits per heavy atom. The number of ketones is 1. The van der Waals surface area contributed by atoms with Gasteiger partial charge in [0.1, 0.15) is 23.6 Å². The molecule has 7 nitrogen and oxygen atoms in total. The topological polar surface area (TPSA) is 74.3 Å². The number of rotatable bonds is 6. The number of hydrogen-bond donors (Lipinski definition) is 0. The van der Waals surface area contributed by atoms with Crippen molar-refractivity contribution in [2.75, 3.05) is 25.7 Å². The lowest BCUT2D eigenvalue weighted by Gasteiger charge is -2.28. The third kappa shape index (κ3) is 3.76. The van der Waals surface area contributed by atoms with Crippen LogP contribution < -0.4 is 14.4 Å². The summed E-state index contributed by atoms with van der Waals surface area (Å²) in [6.45, 7) is 7.74. The SMILES string of the molecule is C=C(Br)[C@@]1(c2ccc(OC)cc2)C(=O)[C@H]([C@H]2COC(C)(C)O2)N(c2ccc(OC)cc2)C1=O. The van der Waals surface area contributed by atoms with Crippen LogP contribution in [0.5, 0.6) is 11.5 Å². The van der Waals surface area contributed by atoms with Gasteiger partial charge in [-0.2, -0.15) is 0 Å². The predicted octanol–water partition coefficient (Wildman–Crippen LogP) is 3.99. The van der Waals surface area contributed by atoms with Gasteiger partial charge in [0.25, 0.3) is 5.91 Å². The average molecular weight is 516 g/mol. The van der Waals surface area contributed by atoms with Crippen molar-refractivity contribution in [3.8, 4) is 11.5 Å². The van der Waals surface area contributed by atoms with Crippen molar-refractivity contribution in [3.05, 3.63) is 65.2 Å². The minimum Gasteiger partial charge on any atom is -0.497 e. The van der Waals surface area contributed by atoms with Crippen LogP contribution in [0.1, 0.15) is 19.4 Å². The summed E-state index contributed by atoms with van der Waals surface area (Å²) in [4.78, 5) is 29.9. The Bertz CT molecular complexity index is 1080. The van der Waals surface area contributed by atoms with E-state index in [2.05, 4.69) is 22.5 Å². The quantitative estimate of drug-likeness (QED) is 0.541. The van der Waals surface area contributed by atoms with Crippen LogP contribution in [-0.4, -0.2) is 50.4 Å². The van der Waals surface area contributed by atoms with Crippen LogP contribution in [0.15, 0.2) is 59.6 Å². The fourth-order valence-corrected chi connectivity index (χ4v) is 5.09. The third-order valence-electron chi connectivity index (χ3n) is 6.12. The molecule has 0 aliphatic carbocycles. The molecular weight excluding hydrogens is 490 g/mol. The molecule has 2 fully saturated rings. The van der Waals surface area contributed by atoms with Crippen LogP contribution in [0.3, 0.4) is 0 Å². The maximum Gasteiger partial charge on any atom is 0.251 e. The number of Topliss-reactive ketones (excluding diaryl/α,β-unsaturated/α-hetero) is 1. The molecule has 3 atom stereocenters.